The van der Waals surface area contributed by atoms with Crippen molar-refractivity contribution in [1.29, 1.82) is 0 Å². The summed E-state index contributed by atoms with van der Waals surface area (Å²) in [5.74, 6) is -14.9. The third-order valence-electron chi connectivity index (χ3n) is 19.6. The van der Waals surface area contributed by atoms with E-state index in [1.165, 1.54) is 51.2 Å². The van der Waals surface area contributed by atoms with Gasteiger partial charge in [0.1, 0.15) is 89.5 Å². The van der Waals surface area contributed by atoms with Crippen LogP contribution in [-0.4, -0.2) is 200 Å². The molecule has 6 aromatic rings. The first kappa shape index (κ1) is 86.4. The number of carbonyl (C=O) groups is 8. The zero-order valence-corrected chi connectivity index (χ0v) is 65.1. The number of likely N-dealkylation sites (N-methyl/N-ethyl adjacent to an activating group) is 1. The fourth-order valence-corrected chi connectivity index (χ4v) is 15.7. The molecule has 7 amide bonds. The number of phenolic OH excluding ortho intramolecular Hbond substituents is 3. The summed E-state index contributed by atoms with van der Waals surface area (Å²) in [4.78, 5) is 114. The molecule has 6 aliphatic heterocycles. The standard InChI is InChI=1S/C76H89Cl2N9O26S/c1-30(2)19-44(81-9)69(98)86-58-60(92)37-14-17-48(42(77)23-37)109-50-11-10-12-51(64(50)113-75-65(112-54-28-76(8,80)67(96)35(7)108-54)63(95)62(94)52(111-75)29-107-114(105,106)66-32(4)20-31(3)21-33(66)5)110-49-18-15-38(24-43(49)78)61(93)59-73(102)85-57(74(103)104)41-25-39(88)26-47(90)55(41)40-22-36(13-16-46(40)89)56(71(100)87-59)84-68(97)34(6)82-70(99)45(27-53(79)91)83-72(58)101/h10-18,20-26,30,34-35,44-45,52,54,56-63,65,67,75,81,88-90,92-96H,19,27-29,80H2,1-9H3,(H2,79,91)(H,82,99)(H,83,101)(H,84,97)(H,85,102)(H,86,98)(H,87,100)(H,103,104)/t34-,35?,44-,45+,52?,54?,56?,57+,58-,59+,60-,61-,62?,63?,65?,67?,75?,76?/m1/s1. The number of ether oxygens (including phenoxy) is 6. The Balaban J connectivity index is 1.14. The summed E-state index contributed by atoms with van der Waals surface area (Å²) < 4.78 is 72.3. The Morgan fingerprint density at radius 3 is 1.90 bits per heavy atom. The van der Waals surface area contributed by atoms with Crippen LogP contribution in [0.4, 0.5) is 0 Å². The number of aliphatic hydroxyl groups excluding tert-OH is 5. The summed E-state index contributed by atoms with van der Waals surface area (Å²) in [7, 11) is -3.22. The van der Waals surface area contributed by atoms with Crippen LogP contribution in [-0.2, 0) is 66.9 Å². The monoisotopic (exact) mass is 1650 g/mol. The molecule has 20 N–H and O–H groups in total. The highest BCUT2D eigenvalue weighted by atomic mass is 35.5. The molecule has 38 heteroatoms. The number of nitrogens with one attached hydrogen (secondary N) is 7. The van der Waals surface area contributed by atoms with Gasteiger partial charge in [-0.2, -0.15) is 8.42 Å². The van der Waals surface area contributed by atoms with Crippen LogP contribution in [0.25, 0.3) is 11.1 Å². The van der Waals surface area contributed by atoms with Crippen molar-refractivity contribution in [3.05, 3.63) is 146 Å². The molecule has 10 bridgehead atoms. The average molecular weight is 1650 g/mol. The number of fused-ring (bicyclic) bond motifs is 6. The number of amides is 7. The molecule has 10 unspecified atom stereocenters. The van der Waals surface area contributed by atoms with Crippen molar-refractivity contribution in [3.8, 4) is 57.1 Å². The fourth-order valence-electron chi connectivity index (χ4n) is 13.9. The van der Waals surface area contributed by atoms with Gasteiger partial charge in [-0.15, -0.1) is 0 Å². The number of nitrogens with two attached hydrogens (primary N) is 2. The number of hydrogen-bond acceptors (Lipinski definition) is 27. The van der Waals surface area contributed by atoms with E-state index in [4.69, 9.17) is 67.3 Å². The summed E-state index contributed by atoms with van der Waals surface area (Å²) in [6.45, 7) is 11.6. The number of aliphatic hydroxyl groups is 5. The molecule has 2 saturated heterocycles. The molecule has 0 aliphatic carbocycles. The topological polar surface area (TPSA) is 554 Å². The number of aliphatic carboxylic acids is 1. The number of carboxylic acid groups (broad SMARTS) is 1. The summed E-state index contributed by atoms with van der Waals surface area (Å²) in [6, 6.07) is 5.13. The second-order valence-electron chi connectivity index (χ2n) is 29.0. The summed E-state index contributed by atoms with van der Waals surface area (Å²) in [6.07, 6.45) is -19.1. The van der Waals surface area contributed by atoms with Crippen molar-refractivity contribution in [2.75, 3.05) is 13.7 Å². The molecule has 0 spiro atoms. The summed E-state index contributed by atoms with van der Waals surface area (Å²) in [5.41, 5.74) is 9.79. The molecule has 114 heavy (non-hydrogen) atoms. The summed E-state index contributed by atoms with van der Waals surface area (Å²) in [5, 5.41) is 121. The molecule has 0 aromatic heterocycles. The number of rotatable bonds is 16. The van der Waals surface area contributed by atoms with E-state index in [9.17, 15) is 87.9 Å². The number of aryl methyl sites for hydroxylation is 3. The van der Waals surface area contributed by atoms with Crippen LogP contribution < -0.4 is 62.9 Å². The van der Waals surface area contributed by atoms with Gasteiger partial charge in [-0.05, 0) is 143 Å². The molecular formula is C76H89Cl2N9O26S. The lowest BCUT2D eigenvalue weighted by atomic mass is 9.86. The van der Waals surface area contributed by atoms with Gasteiger partial charge in [0, 0.05) is 34.7 Å². The van der Waals surface area contributed by atoms with Gasteiger partial charge in [-0.1, -0.05) is 79.0 Å². The predicted octanol–water partition coefficient (Wildman–Crippen LogP) is 2.78. The second kappa shape index (κ2) is 35.4. The van der Waals surface area contributed by atoms with Gasteiger partial charge in [0.25, 0.3) is 10.1 Å². The Labute approximate surface area is 662 Å². The third kappa shape index (κ3) is 19.3. The zero-order valence-electron chi connectivity index (χ0n) is 62.7. The minimum atomic E-state index is -4.68. The molecule has 18 atom stereocenters. The number of carbonyl (C=O) groups excluding carboxylic acids is 7. The lowest BCUT2D eigenvalue weighted by Gasteiger charge is -2.47. The van der Waals surface area contributed by atoms with Crippen molar-refractivity contribution in [2.24, 2.45) is 17.4 Å². The van der Waals surface area contributed by atoms with Crippen molar-refractivity contribution < 1.29 is 125 Å². The molecule has 6 aromatic carbocycles. The van der Waals surface area contributed by atoms with E-state index in [0.29, 0.717) is 11.1 Å². The van der Waals surface area contributed by atoms with Crippen molar-refractivity contribution >= 4 is 80.6 Å². The highest BCUT2D eigenvalue weighted by Crippen LogP contribution is 2.48. The maximum atomic E-state index is 15.2. The fraction of sp³-hybridized carbons (Fsp3) is 0.421. The number of primary amides is 1. The Morgan fingerprint density at radius 2 is 1.32 bits per heavy atom. The van der Waals surface area contributed by atoms with Gasteiger partial charge < -0.3 is 123 Å². The van der Waals surface area contributed by atoms with Gasteiger partial charge in [0.2, 0.25) is 53.4 Å². The van der Waals surface area contributed by atoms with E-state index >= 15 is 4.79 Å². The maximum Gasteiger partial charge on any atom is 0.330 e. The minimum Gasteiger partial charge on any atom is -0.508 e. The first-order valence-electron chi connectivity index (χ1n) is 35.8. The molecule has 0 radical (unpaired) electrons. The normalized spacial score (nSPS) is 27.4. The third-order valence-corrected chi connectivity index (χ3v) is 21.8. The molecule has 6 aliphatic rings. The van der Waals surface area contributed by atoms with Crippen LogP contribution in [0.15, 0.2) is 102 Å². The lowest BCUT2D eigenvalue weighted by molar-refractivity contribution is -0.333. The molecule has 6 heterocycles. The van der Waals surface area contributed by atoms with E-state index in [-0.39, 0.29) is 62.6 Å². The quantitative estimate of drug-likeness (QED) is 0.0619. The minimum absolute atomic E-state index is 0.126. The number of carboxylic acids is 1. The number of benzene rings is 6. The van der Waals surface area contributed by atoms with Crippen LogP contribution in [0, 0.1) is 26.7 Å². The number of hydrogen-bond donors (Lipinski definition) is 18. The zero-order chi connectivity index (χ0) is 83.6. The van der Waals surface area contributed by atoms with Gasteiger partial charge in [-0.3, -0.25) is 37.7 Å². The number of phenols is 3. The molecule has 0 saturated carbocycles. The van der Waals surface area contributed by atoms with Crippen LogP contribution in [0.5, 0.6) is 46.0 Å². The Bertz CT molecular complexity index is 4800. The largest absolute Gasteiger partial charge is 0.508 e. The predicted molar refractivity (Wildman–Crippen MR) is 403 cm³/mol. The van der Waals surface area contributed by atoms with Crippen molar-refractivity contribution in [2.45, 2.75) is 189 Å². The molecule has 35 nitrogen and oxygen atoms in total. The number of aromatic hydroxyl groups is 3. The van der Waals surface area contributed by atoms with Gasteiger partial charge in [-0.25, -0.2) is 4.79 Å². The highest BCUT2D eigenvalue weighted by molar-refractivity contribution is 7.86. The van der Waals surface area contributed by atoms with Crippen molar-refractivity contribution in [3.63, 3.8) is 0 Å². The summed E-state index contributed by atoms with van der Waals surface area (Å²) >= 11 is 14.1. The molecule has 2 fully saturated rings. The van der Waals surface area contributed by atoms with E-state index in [2.05, 4.69) is 37.2 Å². The Morgan fingerprint density at radius 1 is 0.711 bits per heavy atom. The lowest BCUT2D eigenvalue weighted by Crippen LogP contribution is -2.64. The highest BCUT2D eigenvalue weighted by Gasteiger charge is 2.52. The second-order valence-corrected chi connectivity index (χ2v) is 31.4. The van der Waals surface area contributed by atoms with Crippen molar-refractivity contribution in [1.82, 2.24) is 37.2 Å². The first-order chi connectivity index (χ1) is 53.6. The van der Waals surface area contributed by atoms with Crippen LogP contribution in [0.1, 0.15) is 117 Å². The van der Waals surface area contributed by atoms with E-state index in [1.807, 2.05) is 0 Å². The van der Waals surface area contributed by atoms with Crippen LogP contribution >= 0.6 is 23.2 Å². The molecule has 614 valence electrons. The maximum absolute atomic E-state index is 15.2. The van der Waals surface area contributed by atoms with Gasteiger partial charge >= 0.3 is 5.97 Å². The van der Waals surface area contributed by atoms with E-state index in [1.54, 1.807) is 46.8 Å². The first-order valence-corrected chi connectivity index (χ1v) is 38.0. The SMILES string of the molecule is CN[C@H](CC(C)C)C(=O)N[C@H]1C(=O)N[C@@H](CC(N)=O)C(=O)N[C@H](C)C(=O)NC2C(=O)N[C@H](C(=O)N[C@H](C(=O)O)c3cc(O)cc(O)c3-c3cc2ccc3O)[C@H](O)c2ccc(c(Cl)c2)Oc2cccc(c2OC2OC(COS(=O)(=O)c3c(C)cc(C)cc3C)C(O)C(O)C2OC2CC(C)(N)C(O)C(C)O2)Oc2ccc(cc2Cl)[C@H]1O. The van der Waals surface area contributed by atoms with Gasteiger partial charge in [0.15, 0.2) is 29.9 Å². The molecule has 12 rings (SSSR count). The number of halogens is 2. The molecular weight excluding hydrogens is 1560 g/mol. The van der Waals surface area contributed by atoms with Crippen LogP contribution in [0.3, 0.4) is 0 Å². The van der Waals surface area contributed by atoms with Crippen LogP contribution in [0.2, 0.25) is 10.0 Å². The Kier molecular flexibility index (Phi) is 26.8. The Hall–Kier alpha value is -10.0. The smallest absolute Gasteiger partial charge is 0.330 e. The number of para-hydroxylation sites is 1. The average Bonchev–Trinajstić information content (AvgIpc) is 0.768. The van der Waals surface area contributed by atoms with E-state index < -0.39 is 230 Å². The van der Waals surface area contributed by atoms with Gasteiger partial charge in [0.05, 0.1) is 46.2 Å². The van der Waals surface area contributed by atoms with E-state index in [0.717, 1.165) is 67.1 Å².